The second-order valence-electron chi connectivity index (χ2n) is 5.55. The summed E-state index contributed by atoms with van der Waals surface area (Å²) in [7, 11) is 0. The van der Waals surface area contributed by atoms with E-state index in [1.165, 1.54) is 24.7 Å². The third kappa shape index (κ3) is 4.05. The fourth-order valence-corrected chi connectivity index (χ4v) is 2.39. The molecule has 0 unspecified atom stereocenters. The van der Waals surface area contributed by atoms with Gasteiger partial charge in [-0.2, -0.15) is 13.2 Å². The van der Waals surface area contributed by atoms with Crippen LogP contribution in [0.2, 0.25) is 0 Å². The van der Waals surface area contributed by atoms with E-state index in [0.717, 1.165) is 12.1 Å². The molecule has 0 saturated carbocycles. The summed E-state index contributed by atoms with van der Waals surface area (Å²) in [6.45, 7) is 0. The third-order valence-corrected chi connectivity index (χ3v) is 3.58. The van der Waals surface area contributed by atoms with Crippen molar-refractivity contribution in [3.63, 3.8) is 0 Å². The van der Waals surface area contributed by atoms with Crippen molar-refractivity contribution in [2.24, 2.45) is 0 Å². The third-order valence-electron chi connectivity index (χ3n) is 3.58. The number of ketones is 2. The Morgan fingerprint density at radius 3 is 2.65 bits per heavy atom. The fraction of sp³-hybridized carbons (Fsp3) is 0.176. The van der Waals surface area contributed by atoms with Crippen LogP contribution in [0.5, 0.6) is 0 Å². The number of Topliss-reactive ketones (excluding diaryl/α,β-unsaturated/α-hetero) is 2. The van der Waals surface area contributed by atoms with Crippen LogP contribution >= 0.6 is 0 Å². The number of nitrogens with one attached hydrogen (secondary N) is 1. The molecule has 0 amide bonds. The Morgan fingerprint density at radius 2 is 1.96 bits per heavy atom. The normalized spacial score (nSPS) is 11.5. The number of carbonyl (C=O) groups excluding carboxylic acids is 2. The SMILES string of the molecule is O=C(Cc1cc(Cc2cccc(C(F)(F)F)c2)co1)C(=O)c1nc[nH]n1. The standard InChI is InChI=1S/C17H12F3N3O3/c18-17(19,20)12-3-1-2-10(5-12)4-11-6-13(26-8-11)7-14(24)15(25)16-21-9-22-23-16/h1-3,5-6,8-9H,4,7H2,(H,21,22,23). The van der Waals surface area contributed by atoms with Crippen molar-refractivity contribution in [3.8, 4) is 0 Å². The number of aromatic amines is 1. The van der Waals surface area contributed by atoms with E-state index < -0.39 is 23.3 Å². The maximum atomic E-state index is 12.7. The maximum Gasteiger partial charge on any atom is 0.416 e. The summed E-state index contributed by atoms with van der Waals surface area (Å²) in [5.74, 6) is -1.58. The minimum absolute atomic E-state index is 0.205. The van der Waals surface area contributed by atoms with Crippen molar-refractivity contribution in [3.05, 3.63) is 71.2 Å². The molecule has 1 N–H and O–H groups in total. The van der Waals surface area contributed by atoms with Gasteiger partial charge >= 0.3 is 6.18 Å². The van der Waals surface area contributed by atoms with E-state index in [4.69, 9.17) is 4.42 Å². The van der Waals surface area contributed by atoms with E-state index in [1.807, 2.05) is 0 Å². The number of hydrogen-bond donors (Lipinski definition) is 1. The number of furan rings is 1. The molecular weight excluding hydrogens is 351 g/mol. The van der Waals surface area contributed by atoms with Gasteiger partial charge in [0.05, 0.1) is 18.2 Å². The predicted octanol–water partition coefficient (Wildman–Crippen LogP) is 3.00. The number of halogens is 3. The molecule has 0 aliphatic carbocycles. The molecule has 0 bridgehead atoms. The quantitative estimate of drug-likeness (QED) is 0.537. The minimum atomic E-state index is -4.41. The smallest absolute Gasteiger partial charge is 0.416 e. The first-order valence-electron chi connectivity index (χ1n) is 7.48. The summed E-state index contributed by atoms with van der Waals surface area (Å²) in [6.07, 6.45) is -1.96. The van der Waals surface area contributed by atoms with Crippen molar-refractivity contribution >= 4 is 11.6 Å². The highest BCUT2D eigenvalue weighted by molar-refractivity contribution is 6.42. The lowest BCUT2D eigenvalue weighted by atomic mass is 10.0. The van der Waals surface area contributed by atoms with Crippen LogP contribution < -0.4 is 0 Å². The highest BCUT2D eigenvalue weighted by atomic mass is 19.4. The van der Waals surface area contributed by atoms with Crippen molar-refractivity contribution < 1.29 is 27.2 Å². The molecule has 0 atom stereocenters. The number of hydrogen-bond acceptors (Lipinski definition) is 5. The number of aromatic nitrogens is 3. The monoisotopic (exact) mass is 363 g/mol. The highest BCUT2D eigenvalue weighted by Gasteiger charge is 2.30. The summed E-state index contributed by atoms with van der Waals surface area (Å²) in [5.41, 5.74) is 0.318. The summed E-state index contributed by atoms with van der Waals surface area (Å²) < 4.78 is 43.5. The van der Waals surface area contributed by atoms with Crippen LogP contribution in [0.1, 0.15) is 33.1 Å². The Bertz CT molecular complexity index is 930. The number of nitrogens with zero attached hydrogens (tertiary/aromatic N) is 2. The maximum absolute atomic E-state index is 12.7. The number of alkyl halides is 3. The first-order chi connectivity index (χ1) is 12.3. The number of H-pyrrole nitrogens is 1. The van der Waals surface area contributed by atoms with Crippen LogP contribution in [0, 0.1) is 0 Å². The van der Waals surface area contributed by atoms with E-state index in [9.17, 15) is 22.8 Å². The summed E-state index contributed by atoms with van der Waals surface area (Å²) in [6, 6.07) is 6.49. The van der Waals surface area contributed by atoms with E-state index in [1.54, 1.807) is 6.07 Å². The molecule has 6 nitrogen and oxygen atoms in total. The van der Waals surface area contributed by atoms with Gasteiger partial charge in [-0.3, -0.25) is 14.7 Å². The first-order valence-corrected chi connectivity index (χ1v) is 7.48. The molecule has 0 saturated heterocycles. The molecule has 2 heterocycles. The van der Waals surface area contributed by atoms with Crippen LogP contribution in [-0.4, -0.2) is 26.7 Å². The van der Waals surface area contributed by atoms with Gasteiger partial charge in [0, 0.05) is 6.42 Å². The van der Waals surface area contributed by atoms with E-state index in [-0.39, 0.29) is 24.4 Å². The Kier molecular flexibility index (Phi) is 4.70. The minimum Gasteiger partial charge on any atom is -0.469 e. The van der Waals surface area contributed by atoms with Gasteiger partial charge in [0.15, 0.2) is 0 Å². The molecule has 0 fully saturated rings. The van der Waals surface area contributed by atoms with Gasteiger partial charge in [0.25, 0.3) is 5.78 Å². The van der Waals surface area contributed by atoms with Crippen molar-refractivity contribution in [1.29, 1.82) is 0 Å². The Hall–Kier alpha value is -3.23. The van der Waals surface area contributed by atoms with Gasteiger partial charge in [-0.05, 0) is 23.3 Å². The molecule has 3 rings (SSSR count). The molecule has 2 aromatic heterocycles. The van der Waals surface area contributed by atoms with Gasteiger partial charge in [0.2, 0.25) is 11.6 Å². The Labute approximate surface area is 145 Å². The van der Waals surface area contributed by atoms with Gasteiger partial charge in [0.1, 0.15) is 12.1 Å². The summed E-state index contributed by atoms with van der Waals surface area (Å²) in [4.78, 5) is 27.3. The van der Waals surface area contributed by atoms with Crippen molar-refractivity contribution in [1.82, 2.24) is 15.2 Å². The number of carbonyl (C=O) groups is 2. The molecule has 3 aromatic rings. The second kappa shape index (κ2) is 6.95. The lowest BCUT2D eigenvalue weighted by Crippen LogP contribution is -2.17. The van der Waals surface area contributed by atoms with Crippen LogP contribution in [0.15, 0.2) is 47.3 Å². The van der Waals surface area contributed by atoms with Crippen LogP contribution in [0.3, 0.4) is 0 Å². The zero-order valence-electron chi connectivity index (χ0n) is 13.2. The predicted molar refractivity (Wildman–Crippen MR) is 82.4 cm³/mol. The Morgan fingerprint density at radius 1 is 1.15 bits per heavy atom. The molecule has 0 spiro atoms. The molecule has 26 heavy (non-hydrogen) atoms. The molecular formula is C17H12F3N3O3. The van der Waals surface area contributed by atoms with Gasteiger partial charge in [-0.25, -0.2) is 4.98 Å². The summed E-state index contributed by atoms with van der Waals surface area (Å²) >= 11 is 0. The zero-order chi connectivity index (χ0) is 18.7. The fourth-order valence-electron chi connectivity index (χ4n) is 2.39. The first kappa shape index (κ1) is 17.6. The largest absolute Gasteiger partial charge is 0.469 e. The van der Waals surface area contributed by atoms with Crippen LogP contribution in [0.25, 0.3) is 0 Å². The number of benzene rings is 1. The Balaban J connectivity index is 1.67. The van der Waals surface area contributed by atoms with Gasteiger partial charge in [-0.15, -0.1) is 5.10 Å². The molecule has 1 aromatic carbocycles. The average molecular weight is 363 g/mol. The topological polar surface area (TPSA) is 88.9 Å². The molecule has 0 aliphatic heterocycles. The zero-order valence-corrected chi connectivity index (χ0v) is 13.2. The average Bonchev–Trinajstić information content (AvgIpc) is 3.26. The van der Waals surface area contributed by atoms with Gasteiger partial charge in [-0.1, -0.05) is 18.2 Å². The van der Waals surface area contributed by atoms with E-state index >= 15 is 0 Å². The highest BCUT2D eigenvalue weighted by Crippen LogP contribution is 2.30. The van der Waals surface area contributed by atoms with Crippen molar-refractivity contribution in [2.45, 2.75) is 19.0 Å². The molecule has 0 aliphatic rings. The number of rotatable bonds is 6. The van der Waals surface area contributed by atoms with Crippen LogP contribution in [-0.2, 0) is 23.8 Å². The second-order valence-corrected chi connectivity index (χ2v) is 5.55. The van der Waals surface area contributed by atoms with Crippen molar-refractivity contribution in [2.75, 3.05) is 0 Å². The van der Waals surface area contributed by atoms with E-state index in [0.29, 0.717) is 11.1 Å². The van der Waals surface area contributed by atoms with Crippen LogP contribution in [0.4, 0.5) is 13.2 Å². The molecule has 134 valence electrons. The lowest BCUT2D eigenvalue weighted by molar-refractivity contribution is -0.137. The lowest BCUT2D eigenvalue weighted by Gasteiger charge is -2.07. The molecule has 0 radical (unpaired) electrons. The van der Waals surface area contributed by atoms with Gasteiger partial charge < -0.3 is 4.42 Å². The molecule has 9 heteroatoms. The summed E-state index contributed by atoms with van der Waals surface area (Å²) in [5, 5.41) is 5.88. The van der Waals surface area contributed by atoms with E-state index in [2.05, 4.69) is 15.2 Å².